The van der Waals surface area contributed by atoms with Gasteiger partial charge in [-0.25, -0.2) is 0 Å². The number of nitrogens with zero attached hydrogens (tertiary/aromatic N) is 1. The first-order valence-corrected chi connectivity index (χ1v) is 6.21. The molecule has 0 atom stereocenters. The number of hydrogen-bond donors (Lipinski definition) is 1. The predicted octanol–water partition coefficient (Wildman–Crippen LogP) is 3.37. The quantitative estimate of drug-likeness (QED) is 0.525. The van der Waals surface area contributed by atoms with Crippen LogP contribution in [-0.4, -0.2) is 4.92 Å². The van der Waals surface area contributed by atoms with E-state index in [1.165, 1.54) is 6.07 Å². The fourth-order valence-corrected chi connectivity index (χ4v) is 2.06. The molecule has 0 saturated heterocycles. The molecule has 0 amide bonds. The molecule has 0 aromatic heterocycles. The Hall–Kier alpha value is -2.56. The summed E-state index contributed by atoms with van der Waals surface area (Å²) < 4.78 is 5.77. The average molecular weight is 272 g/mol. The topological polar surface area (TPSA) is 78.4 Å². The van der Waals surface area contributed by atoms with Gasteiger partial charge in [-0.15, -0.1) is 0 Å². The van der Waals surface area contributed by atoms with Gasteiger partial charge in [-0.1, -0.05) is 30.3 Å². The predicted molar refractivity (Wildman–Crippen MR) is 77.8 cm³/mol. The van der Waals surface area contributed by atoms with Crippen LogP contribution in [0.25, 0.3) is 0 Å². The van der Waals surface area contributed by atoms with Gasteiger partial charge in [0, 0.05) is 11.6 Å². The van der Waals surface area contributed by atoms with Crippen molar-refractivity contribution < 1.29 is 9.66 Å². The van der Waals surface area contributed by atoms with Gasteiger partial charge < -0.3 is 10.5 Å². The number of nitrogen functional groups attached to an aromatic ring is 1. The molecule has 0 radical (unpaired) electrons. The number of anilines is 1. The molecule has 0 fully saturated rings. The smallest absolute Gasteiger partial charge is 0.292 e. The van der Waals surface area contributed by atoms with Gasteiger partial charge in [0.15, 0.2) is 0 Å². The first-order chi connectivity index (χ1) is 9.50. The van der Waals surface area contributed by atoms with Crippen molar-refractivity contribution in [3.8, 4) is 5.75 Å². The highest BCUT2D eigenvalue weighted by atomic mass is 16.6. The zero-order valence-electron chi connectivity index (χ0n) is 11.4. The van der Waals surface area contributed by atoms with E-state index in [4.69, 9.17) is 10.5 Å². The molecule has 0 unspecified atom stereocenters. The van der Waals surface area contributed by atoms with Crippen molar-refractivity contribution in [2.45, 2.75) is 20.5 Å². The lowest BCUT2D eigenvalue weighted by Crippen LogP contribution is -2.04. The molecule has 104 valence electrons. The van der Waals surface area contributed by atoms with Gasteiger partial charge in [0.25, 0.3) is 5.69 Å². The molecule has 2 aromatic rings. The molecule has 5 heteroatoms. The summed E-state index contributed by atoms with van der Waals surface area (Å²) in [6.07, 6.45) is 0. The monoisotopic (exact) mass is 272 g/mol. The van der Waals surface area contributed by atoms with Crippen molar-refractivity contribution in [2.24, 2.45) is 0 Å². The highest BCUT2D eigenvalue weighted by Gasteiger charge is 2.15. The second kappa shape index (κ2) is 5.61. The van der Waals surface area contributed by atoms with E-state index < -0.39 is 4.92 Å². The standard InChI is InChI=1S/C15H16N2O3/c1-10-5-3-6-11(2)15(10)20-9-12-7-4-8-13(14(12)16)17(18)19/h3-8H,9,16H2,1-2H3. The van der Waals surface area contributed by atoms with Crippen LogP contribution in [0.4, 0.5) is 11.4 Å². The number of benzene rings is 2. The van der Waals surface area contributed by atoms with Crippen LogP contribution in [0.15, 0.2) is 36.4 Å². The first kappa shape index (κ1) is 13.9. The van der Waals surface area contributed by atoms with E-state index in [9.17, 15) is 10.1 Å². The Balaban J connectivity index is 2.24. The van der Waals surface area contributed by atoms with Crippen LogP contribution in [0.1, 0.15) is 16.7 Å². The van der Waals surface area contributed by atoms with Gasteiger partial charge in [-0.05, 0) is 25.0 Å². The summed E-state index contributed by atoms with van der Waals surface area (Å²) in [6, 6.07) is 10.6. The summed E-state index contributed by atoms with van der Waals surface area (Å²) in [6.45, 7) is 4.12. The molecular weight excluding hydrogens is 256 g/mol. The highest BCUT2D eigenvalue weighted by Crippen LogP contribution is 2.28. The van der Waals surface area contributed by atoms with E-state index in [2.05, 4.69) is 0 Å². The molecule has 2 aromatic carbocycles. The number of nitrogens with two attached hydrogens (primary N) is 1. The van der Waals surface area contributed by atoms with Crippen molar-refractivity contribution in [3.63, 3.8) is 0 Å². The molecule has 2 rings (SSSR count). The lowest BCUT2D eigenvalue weighted by atomic mass is 10.1. The molecule has 20 heavy (non-hydrogen) atoms. The molecule has 0 aliphatic heterocycles. The van der Waals surface area contributed by atoms with Gasteiger partial charge in [-0.3, -0.25) is 10.1 Å². The second-order valence-electron chi connectivity index (χ2n) is 4.62. The Bertz CT molecular complexity index is 633. The minimum Gasteiger partial charge on any atom is -0.488 e. The van der Waals surface area contributed by atoms with E-state index in [0.29, 0.717) is 5.56 Å². The van der Waals surface area contributed by atoms with Gasteiger partial charge in [-0.2, -0.15) is 0 Å². The van der Waals surface area contributed by atoms with E-state index in [1.807, 2.05) is 32.0 Å². The van der Waals surface area contributed by atoms with Crippen LogP contribution >= 0.6 is 0 Å². The van der Waals surface area contributed by atoms with Crippen LogP contribution in [0.5, 0.6) is 5.75 Å². The van der Waals surface area contributed by atoms with Crippen molar-refractivity contribution in [3.05, 3.63) is 63.2 Å². The van der Waals surface area contributed by atoms with E-state index in [-0.39, 0.29) is 18.0 Å². The average Bonchev–Trinajstić information content (AvgIpc) is 2.39. The number of ether oxygens (including phenoxy) is 1. The Labute approximate surface area is 117 Å². The number of hydrogen-bond acceptors (Lipinski definition) is 4. The zero-order chi connectivity index (χ0) is 14.7. The number of aryl methyl sites for hydroxylation is 2. The zero-order valence-corrected chi connectivity index (χ0v) is 11.4. The molecule has 5 nitrogen and oxygen atoms in total. The van der Waals surface area contributed by atoms with Crippen molar-refractivity contribution in [1.82, 2.24) is 0 Å². The maximum Gasteiger partial charge on any atom is 0.292 e. The molecule has 0 heterocycles. The number of nitro benzene ring substituents is 1. The molecule has 0 bridgehead atoms. The Kier molecular flexibility index (Phi) is 3.89. The molecule has 0 saturated carbocycles. The largest absolute Gasteiger partial charge is 0.488 e. The number of rotatable bonds is 4. The maximum absolute atomic E-state index is 10.8. The molecule has 0 spiro atoms. The summed E-state index contributed by atoms with van der Waals surface area (Å²) in [7, 11) is 0. The van der Waals surface area contributed by atoms with Gasteiger partial charge in [0.2, 0.25) is 0 Å². The van der Waals surface area contributed by atoms with Crippen LogP contribution in [0.3, 0.4) is 0 Å². The van der Waals surface area contributed by atoms with Crippen molar-refractivity contribution in [2.75, 3.05) is 5.73 Å². The second-order valence-corrected chi connectivity index (χ2v) is 4.62. The van der Waals surface area contributed by atoms with Crippen LogP contribution in [-0.2, 0) is 6.61 Å². The van der Waals surface area contributed by atoms with E-state index in [1.54, 1.807) is 12.1 Å². The van der Waals surface area contributed by atoms with E-state index in [0.717, 1.165) is 16.9 Å². The van der Waals surface area contributed by atoms with Gasteiger partial charge in [0.05, 0.1) is 4.92 Å². The highest BCUT2D eigenvalue weighted by molar-refractivity contribution is 5.62. The summed E-state index contributed by atoms with van der Waals surface area (Å²) >= 11 is 0. The molecule has 2 N–H and O–H groups in total. The third kappa shape index (κ3) is 2.71. The molecule has 0 aliphatic carbocycles. The molecular formula is C15H16N2O3. The van der Waals surface area contributed by atoms with Crippen molar-refractivity contribution >= 4 is 11.4 Å². The summed E-state index contributed by atoms with van der Waals surface area (Å²) in [4.78, 5) is 10.4. The Morgan fingerprint density at radius 3 is 2.35 bits per heavy atom. The lowest BCUT2D eigenvalue weighted by Gasteiger charge is -2.13. The summed E-state index contributed by atoms with van der Waals surface area (Å²) in [5, 5.41) is 10.8. The Morgan fingerprint density at radius 1 is 1.15 bits per heavy atom. The van der Waals surface area contributed by atoms with Gasteiger partial charge >= 0.3 is 0 Å². The third-order valence-electron chi connectivity index (χ3n) is 3.15. The number of para-hydroxylation sites is 2. The third-order valence-corrected chi connectivity index (χ3v) is 3.15. The summed E-state index contributed by atoms with van der Waals surface area (Å²) in [5.74, 6) is 0.790. The van der Waals surface area contributed by atoms with Crippen LogP contribution in [0.2, 0.25) is 0 Å². The van der Waals surface area contributed by atoms with E-state index >= 15 is 0 Å². The Morgan fingerprint density at radius 2 is 1.75 bits per heavy atom. The lowest BCUT2D eigenvalue weighted by molar-refractivity contribution is -0.384. The fraction of sp³-hybridized carbons (Fsp3) is 0.200. The summed E-state index contributed by atoms with van der Waals surface area (Å²) in [5.41, 5.74) is 8.53. The van der Waals surface area contributed by atoms with Gasteiger partial charge in [0.1, 0.15) is 18.0 Å². The van der Waals surface area contributed by atoms with Crippen LogP contribution < -0.4 is 10.5 Å². The molecule has 0 aliphatic rings. The first-order valence-electron chi connectivity index (χ1n) is 6.21. The maximum atomic E-state index is 10.8. The van der Waals surface area contributed by atoms with Crippen LogP contribution in [0, 0.1) is 24.0 Å². The minimum absolute atomic E-state index is 0.0902. The minimum atomic E-state index is -0.488. The fourth-order valence-electron chi connectivity index (χ4n) is 2.06. The van der Waals surface area contributed by atoms with Crippen molar-refractivity contribution in [1.29, 1.82) is 0 Å². The normalized spacial score (nSPS) is 10.3. The SMILES string of the molecule is Cc1cccc(C)c1OCc1cccc([N+](=O)[O-])c1N. The number of nitro groups is 1.